The van der Waals surface area contributed by atoms with Crippen molar-refractivity contribution in [2.24, 2.45) is 0 Å². The number of aliphatic carboxylic acids is 1. The summed E-state index contributed by atoms with van der Waals surface area (Å²) >= 11 is 5.80. The molecule has 2 N–H and O–H groups in total. The predicted molar refractivity (Wildman–Crippen MR) is 76.6 cm³/mol. The molecular weight excluding hydrogens is 281 g/mol. The van der Waals surface area contributed by atoms with Gasteiger partial charge in [0.25, 0.3) is 0 Å². The Balaban J connectivity index is 2.34. The van der Waals surface area contributed by atoms with Crippen LogP contribution in [0.15, 0.2) is 42.5 Å². The second-order valence-corrected chi connectivity index (χ2v) is 4.88. The SMILES string of the molecule is Cc1ccc(NC(C(=O)O)c2cc(Cl)ccc2F)cc1. The molecule has 2 rings (SSSR count). The molecule has 0 saturated heterocycles. The van der Waals surface area contributed by atoms with E-state index in [1.54, 1.807) is 12.1 Å². The molecule has 0 bridgehead atoms. The first-order valence-corrected chi connectivity index (χ1v) is 6.36. The molecule has 2 aromatic carbocycles. The number of nitrogens with one attached hydrogen (secondary N) is 1. The minimum absolute atomic E-state index is 0.00516. The number of benzene rings is 2. The largest absolute Gasteiger partial charge is 0.479 e. The Kier molecular flexibility index (Phi) is 4.25. The number of carboxylic acid groups (broad SMARTS) is 1. The van der Waals surface area contributed by atoms with Crippen molar-refractivity contribution in [1.82, 2.24) is 0 Å². The van der Waals surface area contributed by atoms with Crippen molar-refractivity contribution in [3.8, 4) is 0 Å². The third-order valence-corrected chi connectivity index (χ3v) is 3.11. The van der Waals surface area contributed by atoms with Crippen LogP contribution < -0.4 is 5.32 Å². The van der Waals surface area contributed by atoms with Crippen LogP contribution in [0.4, 0.5) is 10.1 Å². The molecule has 0 aliphatic rings. The molecule has 0 aliphatic heterocycles. The van der Waals surface area contributed by atoms with Gasteiger partial charge >= 0.3 is 5.97 Å². The third-order valence-electron chi connectivity index (χ3n) is 2.88. The summed E-state index contributed by atoms with van der Waals surface area (Å²) in [5.41, 5.74) is 1.66. The summed E-state index contributed by atoms with van der Waals surface area (Å²) in [6.45, 7) is 1.93. The third kappa shape index (κ3) is 3.27. The second kappa shape index (κ2) is 5.92. The fourth-order valence-corrected chi connectivity index (χ4v) is 2.01. The van der Waals surface area contributed by atoms with E-state index < -0.39 is 17.8 Å². The van der Waals surface area contributed by atoms with Crippen molar-refractivity contribution >= 4 is 23.3 Å². The van der Waals surface area contributed by atoms with Gasteiger partial charge in [-0.2, -0.15) is 0 Å². The number of carboxylic acids is 1. The van der Waals surface area contributed by atoms with Crippen LogP contribution in [0.1, 0.15) is 17.2 Å². The average Bonchev–Trinajstić information content (AvgIpc) is 2.41. The Morgan fingerprint density at radius 1 is 1.25 bits per heavy atom. The monoisotopic (exact) mass is 293 g/mol. The fraction of sp³-hybridized carbons (Fsp3) is 0.133. The van der Waals surface area contributed by atoms with Crippen LogP contribution in [-0.2, 0) is 4.79 Å². The van der Waals surface area contributed by atoms with E-state index in [-0.39, 0.29) is 5.56 Å². The molecule has 20 heavy (non-hydrogen) atoms. The number of rotatable bonds is 4. The lowest BCUT2D eigenvalue weighted by atomic mass is 10.1. The van der Waals surface area contributed by atoms with Gasteiger partial charge < -0.3 is 10.4 Å². The van der Waals surface area contributed by atoms with E-state index in [9.17, 15) is 14.3 Å². The van der Waals surface area contributed by atoms with Gasteiger partial charge in [-0.05, 0) is 37.3 Å². The summed E-state index contributed by atoms with van der Waals surface area (Å²) in [6.07, 6.45) is 0. The van der Waals surface area contributed by atoms with Crippen molar-refractivity contribution in [2.45, 2.75) is 13.0 Å². The summed E-state index contributed by atoms with van der Waals surface area (Å²) in [4.78, 5) is 11.4. The van der Waals surface area contributed by atoms with Crippen molar-refractivity contribution in [3.05, 3.63) is 64.4 Å². The van der Waals surface area contributed by atoms with Crippen LogP contribution in [0.5, 0.6) is 0 Å². The maximum Gasteiger partial charge on any atom is 0.330 e. The molecule has 0 saturated carbocycles. The zero-order valence-corrected chi connectivity index (χ0v) is 11.5. The van der Waals surface area contributed by atoms with Crippen molar-refractivity contribution in [3.63, 3.8) is 0 Å². The van der Waals surface area contributed by atoms with E-state index in [1.807, 2.05) is 19.1 Å². The topological polar surface area (TPSA) is 49.3 Å². The lowest BCUT2D eigenvalue weighted by molar-refractivity contribution is -0.138. The number of hydrogen-bond acceptors (Lipinski definition) is 2. The summed E-state index contributed by atoms with van der Waals surface area (Å²) in [5, 5.41) is 12.4. The first-order chi connectivity index (χ1) is 9.47. The zero-order valence-electron chi connectivity index (χ0n) is 10.7. The maximum atomic E-state index is 13.8. The van der Waals surface area contributed by atoms with E-state index >= 15 is 0 Å². The molecule has 1 atom stereocenters. The molecule has 0 aliphatic carbocycles. The molecular formula is C15H13ClFNO2. The standard InChI is InChI=1S/C15H13ClFNO2/c1-9-2-5-11(6-3-9)18-14(15(19)20)12-8-10(16)4-7-13(12)17/h2-8,14,18H,1H3,(H,19,20). The van der Waals surface area contributed by atoms with E-state index in [4.69, 9.17) is 11.6 Å². The van der Waals surface area contributed by atoms with Crippen LogP contribution in [0.2, 0.25) is 5.02 Å². The highest BCUT2D eigenvalue weighted by atomic mass is 35.5. The summed E-state index contributed by atoms with van der Waals surface area (Å²) in [5.74, 6) is -1.78. The first-order valence-electron chi connectivity index (χ1n) is 5.98. The molecule has 3 nitrogen and oxygen atoms in total. The van der Waals surface area contributed by atoms with Crippen molar-refractivity contribution < 1.29 is 14.3 Å². The Morgan fingerprint density at radius 2 is 1.90 bits per heavy atom. The lowest BCUT2D eigenvalue weighted by Gasteiger charge is -2.17. The highest BCUT2D eigenvalue weighted by Crippen LogP contribution is 2.25. The first kappa shape index (κ1) is 14.3. The number of halogens is 2. The molecule has 2 aromatic rings. The van der Waals surface area contributed by atoms with Crippen molar-refractivity contribution in [1.29, 1.82) is 0 Å². The number of anilines is 1. The van der Waals surface area contributed by atoms with E-state index in [1.165, 1.54) is 12.1 Å². The van der Waals surface area contributed by atoms with Gasteiger partial charge in [-0.3, -0.25) is 0 Å². The Hall–Kier alpha value is -2.07. The zero-order chi connectivity index (χ0) is 14.7. The molecule has 0 spiro atoms. The average molecular weight is 294 g/mol. The number of hydrogen-bond donors (Lipinski definition) is 2. The molecule has 0 fully saturated rings. The lowest BCUT2D eigenvalue weighted by Crippen LogP contribution is -2.21. The van der Waals surface area contributed by atoms with Gasteiger partial charge in [0.1, 0.15) is 5.82 Å². The highest BCUT2D eigenvalue weighted by molar-refractivity contribution is 6.30. The van der Waals surface area contributed by atoms with Gasteiger partial charge in [0.15, 0.2) is 6.04 Å². The van der Waals surface area contributed by atoms with Gasteiger partial charge in [-0.1, -0.05) is 29.3 Å². The Bertz CT molecular complexity index is 628. The summed E-state index contributed by atoms with van der Waals surface area (Å²) in [6, 6.07) is 9.83. The van der Waals surface area contributed by atoms with E-state index in [0.717, 1.165) is 11.6 Å². The molecule has 0 radical (unpaired) electrons. The van der Waals surface area contributed by atoms with Gasteiger partial charge in [-0.25, -0.2) is 9.18 Å². The summed E-state index contributed by atoms with van der Waals surface area (Å²) in [7, 11) is 0. The predicted octanol–water partition coefficient (Wildman–Crippen LogP) is 4.03. The smallest absolute Gasteiger partial charge is 0.330 e. The molecule has 5 heteroatoms. The molecule has 0 amide bonds. The van der Waals surface area contributed by atoms with Crippen LogP contribution in [0, 0.1) is 12.7 Å². The van der Waals surface area contributed by atoms with E-state index in [2.05, 4.69) is 5.32 Å². The highest BCUT2D eigenvalue weighted by Gasteiger charge is 2.23. The molecule has 104 valence electrons. The van der Waals surface area contributed by atoms with Crippen LogP contribution in [0.25, 0.3) is 0 Å². The van der Waals surface area contributed by atoms with Crippen LogP contribution in [0.3, 0.4) is 0 Å². The van der Waals surface area contributed by atoms with Crippen molar-refractivity contribution in [2.75, 3.05) is 5.32 Å². The van der Waals surface area contributed by atoms with Gasteiger partial charge in [-0.15, -0.1) is 0 Å². The molecule has 1 unspecified atom stereocenters. The Morgan fingerprint density at radius 3 is 2.50 bits per heavy atom. The number of aryl methyl sites for hydroxylation is 1. The van der Waals surface area contributed by atoms with Crippen LogP contribution in [-0.4, -0.2) is 11.1 Å². The van der Waals surface area contributed by atoms with Crippen LogP contribution >= 0.6 is 11.6 Å². The Labute approximate surface area is 121 Å². The minimum Gasteiger partial charge on any atom is -0.479 e. The molecule has 0 aromatic heterocycles. The van der Waals surface area contributed by atoms with Gasteiger partial charge in [0.2, 0.25) is 0 Å². The van der Waals surface area contributed by atoms with Gasteiger partial charge in [0.05, 0.1) is 0 Å². The summed E-state index contributed by atoms with van der Waals surface area (Å²) < 4.78 is 13.8. The second-order valence-electron chi connectivity index (χ2n) is 4.45. The van der Waals surface area contributed by atoms with Gasteiger partial charge in [0, 0.05) is 16.3 Å². The normalized spacial score (nSPS) is 11.9. The quantitative estimate of drug-likeness (QED) is 0.895. The maximum absolute atomic E-state index is 13.8. The fourth-order valence-electron chi connectivity index (χ4n) is 1.82. The molecule has 0 heterocycles. The van der Waals surface area contributed by atoms with E-state index in [0.29, 0.717) is 10.7 Å². The minimum atomic E-state index is -1.20. The number of carbonyl (C=O) groups is 1.